The summed E-state index contributed by atoms with van der Waals surface area (Å²) in [4.78, 5) is 13.3. The van der Waals surface area contributed by atoms with Crippen molar-refractivity contribution in [2.75, 3.05) is 27.3 Å². The zero-order valence-corrected chi connectivity index (χ0v) is 9.66. The smallest absolute Gasteiger partial charge is 0.235 e. The number of ether oxygens (including phenoxy) is 2. The summed E-state index contributed by atoms with van der Waals surface area (Å²) in [5.74, 6) is 0.0370. The molecule has 1 aliphatic rings. The van der Waals surface area contributed by atoms with Crippen LogP contribution in [0.2, 0.25) is 0 Å². The number of rotatable bonds is 3. The van der Waals surface area contributed by atoms with Gasteiger partial charge in [0, 0.05) is 27.3 Å². The van der Waals surface area contributed by atoms with Crippen molar-refractivity contribution in [3.8, 4) is 0 Å². The summed E-state index contributed by atoms with van der Waals surface area (Å²) in [7, 11) is 3.27. The Morgan fingerprint density at radius 2 is 1.79 bits per heavy atom. The first-order chi connectivity index (χ1) is 6.60. The maximum Gasteiger partial charge on any atom is 0.235 e. The molecule has 1 amide bonds. The van der Waals surface area contributed by atoms with E-state index in [2.05, 4.69) is 12.6 Å². The van der Waals surface area contributed by atoms with Crippen LogP contribution in [-0.2, 0) is 14.3 Å². The Bertz CT molecular complexity index is 198. The molecule has 0 bridgehead atoms. The van der Waals surface area contributed by atoms with Crippen molar-refractivity contribution < 1.29 is 14.3 Å². The molecule has 0 spiro atoms. The largest absolute Gasteiger partial charge is 0.377 e. The molecule has 1 rings (SSSR count). The molecule has 3 unspecified atom stereocenters. The molecule has 0 aromatic heterocycles. The summed E-state index contributed by atoms with van der Waals surface area (Å²) < 4.78 is 10.5. The number of amides is 1. The fourth-order valence-electron chi connectivity index (χ4n) is 1.64. The van der Waals surface area contributed by atoms with Gasteiger partial charge in [-0.25, -0.2) is 0 Å². The first kappa shape index (κ1) is 11.8. The van der Waals surface area contributed by atoms with Gasteiger partial charge in [0.05, 0.1) is 5.25 Å². The minimum Gasteiger partial charge on any atom is -0.377 e. The third kappa shape index (κ3) is 2.40. The number of methoxy groups -OCH3 is 2. The van der Waals surface area contributed by atoms with Crippen LogP contribution in [0.25, 0.3) is 0 Å². The number of hydrogen-bond donors (Lipinski definition) is 1. The van der Waals surface area contributed by atoms with Gasteiger partial charge in [-0.05, 0) is 6.92 Å². The first-order valence-corrected chi connectivity index (χ1v) is 5.14. The van der Waals surface area contributed by atoms with Crippen molar-refractivity contribution >= 4 is 18.5 Å². The van der Waals surface area contributed by atoms with Gasteiger partial charge in [0.2, 0.25) is 5.91 Å². The molecular weight excluding hydrogens is 202 g/mol. The quantitative estimate of drug-likeness (QED) is 0.688. The van der Waals surface area contributed by atoms with E-state index in [0.29, 0.717) is 13.1 Å². The monoisotopic (exact) mass is 219 g/mol. The third-order valence-electron chi connectivity index (χ3n) is 2.49. The second-order valence-electron chi connectivity index (χ2n) is 3.47. The fraction of sp³-hybridized carbons (Fsp3) is 0.889. The van der Waals surface area contributed by atoms with Crippen LogP contribution in [-0.4, -0.2) is 55.6 Å². The van der Waals surface area contributed by atoms with Crippen molar-refractivity contribution in [1.82, 2.24) is 4.90 Å². The second-order valence-corrected chi connectivity index (χ2v) is 4.24. The molecule has 4 nitrogen and oxygen atoms in total. The van der Waals surface area contributed by atoms with Gasteiger partial charge >= 0.3 is 0 Å². The number of likely N-dealkylation sites (tertiary alicyclic amines) is 1. The lowest BCUT2D eigenvalue weighted by atomic mass is 10.3. The minimum atomic E-state index is -0.261. The van der Waals surface area contributed by atoms with Gasteiger partial charge in [-0.15, -0.1) is 0 Å². The lowest BCUT2D eigenvalue weighted by molar-refractivity contribution is -0.129. The van der Waals surface area contributed by atoms with Gasteiger partial charge in [0.25, 0.3) is 0 Å². The molecule has 82 valence electrons. The lowest BCUT2D eigenvalue weighted by Crippen LogP contribution is -2.34. The number of nitrogens with zero attached hydrogens (tertiary/aromatic N) is 1. The summed E-state index contributed by atoms with van der Waals surface area (Å²) in [6.07, 6.45) is -0.0351. The van der Waals surface area contributed by atoms with E-state index in [1.807, 2.05) is 0 Å². The van der Waals surface area contributed by atoms with E-state index in [0.717, 1.165) is 0 Å². The summed E-state index contributed by atoms with van der Waals surface area (Å²) in [5.41, 5.74) is 0. The van der Waals surface area contributed by atoms with Crippen LogP contribution in [0.15, 0.2) is 0 Å². The second kappa shape index (κ2) is 5.00. The number of hydrogen-bond acceptors (Lipinski definition) is 4. The van der Waals surface area contributed by atoms with Crippen molar-refractivity contribution in [3.05, 3.63) is 0 Å². The van der Waals surface area contributed by atoms with Gasteiger partial charge in [-0.3, -0.25) is 4.79 Å². The van der Waals surface area contributed by atoms with Crippen LogP contribution in [0, 0.1) is 0 Å². The molecule has 0 aromatic rings. The first-order valence-electron chi connectivity index (χ1n) is 4.62. The van der Waals surface area contributed by atoms with E-state index in [9.17, 15) is 4.79 Å². The molecule has 1 saturated heterocycles. The predicted octanol–water partition coefficient (Wildman–Crippen LogP) is 0.177. The molecule has 0 saturated carbocycles. The highest BCUT2D eigenvalue weighted by molar-refractivity contribution is 7.81. The van der Waals surface area contributed by atoms with Crippen molar-refractivity contribution in [2.24, 2.45) is 0 Å². The summed E-state index contributed by atoms with van der Waals surface area (Å²) in [6, 6.07) is 0. The van der Waals surface area contributed by atoms with Crippen LogP contribution in [0.5, 0.6) is 0 Å². The topological polar surface area (TPSA) is 38.8 Å². The minimum absolute atomic E-state index is 0.0176. The van der Waals surface area contributed by atoms with Crippen LogP contribution in [0.3, 0.4) is 0 Å². The molecule has 0 aliphatic carbocycles. The number of carbonyl (C=O) groups excluding carboxylic acids is 1. The lowest BCUT2D eigenvalue weighted by Gasteiger charge is -2.17. The van der Waals surface area contributed by atoms with Gasteiger partial charge in [0.15, 0.2) is 0 Å². The zero-order chi connectivity index (χ0) is 10.7. The van der Waals surface area contributed by atoms with E-state index in [1.54, 1.807) is 26.0 Å². The molecule has 3 atom stereocenters. The third-order valence-corrected chi connectivity index (χ3v) is 2.71. The molecule has 0 N–H and O–H groups in total. The van der Waals surface area contributed by atoms with E-state index in [4.69, 9.17) is 9.47 Å². The summed E-state index contributed by atoms with van der Waals surface area (Å²) >= 11 is 4.11. The Balaban J connectivity index is 2.57. The van der Waals surface area contributed by atoms with Crippen LogP contribution < -0.4 is 0 Å². The van der Waals surface area contributed by atoms with Crippen LogP contribution in [0.4, 0.5) is 0 Å². The van der Waals surface area contributed by atoms with E-state index < -0.39 is 0 Å². The summed E-state index contributed by atoms with van der Waals surface area (Å²) in [5, 5.41) is -0.261. The van der Waals surface area contributed by atoms with Gasteiger partial charge in [-0.2, -0.15) is 12.6 Å². The molecule has 1 heterocycles. The average Bonchev–Trinajstić information content (AvgIpc) is 2.59. The number of carbonyl (C=O) groups is 1. The predicted molar refractivity (Wildman–Crippen MR) is 56.6 cm³/mol. The SMILES string of the molecule is COC1CN(C(=O)C(C)S)CC1OC. The Morgan fingerprint density at radius 3 is 2.07 bits per heavy atom. The zero-order valence-electron chi connectivity index (χ0n) is 8.77. The fourth-order valence-corrected chi connectivity index (χ4v) is 1.80. The van der Waals surface area contributed by atoms with Crippen LogP contribution >= 0.6 is 12.6 Å². The molecule has 14 heavy (non-hydrogen) atoms. The Labute approximate surface area is 90.0 Å². The Morgan fingerprint density at radius 1 is 1.36 bits per heavy atom. The number of thiol groups is 1. The maximum atomic E-state index is 11.6. The highest BCUT2D eigenvalue weighted by Gasteiger charge is 2.36. The summed E-state index contributed by atoms with van der Waals surface area (Å²) in [6.45, 7) is 2.96. The molecule has 0 radical (unpaired) electrons. The molecule has 1 aliphatic heterocycles. The van der Waals surface area contributed by atoms with Crippen LogP contribution in [0.1, 0.15) is 6.92 Å². The highest BCUT2D eigenvalue weighted by Crippen LogP contribution is 2.17. The maximum absolute atomic E-state index is 11.6. The van der Waals surface area contributed by atoms with Crippen molar-refractivity contribution in [2.45, 2.75) is 24.4 Å². The normalized spacial score (nSPS) is 29.3. The van der Waals surface area contributed by atoms with Gasteiger partial charge in [0.1, 0.15) is 12.2 Å². The van der Waals surface area contributed by atoms with Crippen molar-refractivity contribution in [1.29, 1.82) is 0 Å². The average molecular weight is 219 g/mol. The molecule has 0 aromatic carbocycles. The van der Waals surface area contributed by atoms with E-state index >= 15 is 0 Å². The highest BCUT2D eigenvalue weighted by atomic mass is 32.1. The standard InChI is InChI=1S/C9H17NO3S/c1-6(14)9(11)10-4-7(12-2)8(5-10)13-3/h6-8,14H,4-5H2,1-3H3. The van der Waals surface area contributed by atoms with Crippen molar-refractivity contribution in [3.63, 3.8) is 0 Å². The van der Waals surface area contributed by atoms with Gasteiger partial charge in [-0.1, -0.05) is 0 Å². The Hall–Kier alpha value is -0.260. The molecule has 1 fully saturated rings. The van der Waals surface area contributed by atoms with E-state index in [-0.39, 0.29) is 23.4 Å². The van der Waals surface area contributed by atoms with Gasteiger partial charge < -0.3 is 14.4 Å². The van der Waals surface area contributed by atoms with E-state index in [1.165, 1.54) is 0 Å². The Kier molecular flexibility index (Phi) is 4.22. The molecule has 5 heteroatoms. The molecular formula is C9H17NO3S.